The first-order valence-electron chi connectivity index (χ1n) is 9.69. The summed E-state index contributed by atoms with van der Waals surface area (Å²) >= 11 is 0. The van der Waals surface area contributed by atoms with Gasteiger partial charge in [0, 0.05) is 6.54 Å². The highest BCUT2D eigenvalue weighted by Gasteiger charge is 2.30. The summed E-state index contributed by atoms with van der Waals surface area (Å²) < 4.78 is 43.3. The molecule has 32 heavy (non-hydrogen) atoms. The molecule has 3 aromatic rings. The second-order valence-corrected chi connectivity index (χ2v) is 7.03. The van der Waals surface area contributed by atoms with Gasteiger partial charge in [-0.1, -0.05) is 54.6 Å². The van der Waals surface area contributed by atoms with E-state index in [0.29, 0.717) is 22.3 Å². The van der Waals surface area contributed by atoms with Crippen molar-refractivity contribution in [2.24, 2.45) is 0 Å². The smallest absolute Gasteiger partial charge is 0.416 e. The Balaban J connectivity index is 1.68. The van der Waals surface area contributed by atoms with Gasteiger partial charge in [-0.05, 0) is 47.4 Å². The number of ether oxygens (including phenoxy) is 1. The minimum Gasteiger partial charge on any atom is -0.478 e. The maximum absolute atomic E-state index is 12.7. The van der Waals surface area contributed by atoms with Crippen LogP contribution in [0.5, 0.6) is 0 Å². The van der Waals surface area contributed by atoms with Crippen LogP contribution in [-0.2, 0) is 17.5 Å². The van der Waals surface area contributed by atoms with Gasteiger partial charge in [-0.2, -0.15) is 13.2 Å². The summed E-state index contributed by atoms with van der Waals surface area (Å²) in [6, 6.07) is 18.0. The number of halogens is 3. The Hall–Kier alpha value is -3.81. The zero-order valence-corrected chi connectivity index (χ0v) is 17.0. The maximum Gasteiger partial charge on any atom is 0.416 e. The number of carbonyl (C=O) groups excluding carboxylic acids is 1. The Morgan fingerprint density at radius 2 is 1.53 bits per heavy atom. The number of carbonyl (C=O) groups is 2. The zero-order valence-electron chi connectivity index (χ0n) is 17.0. The molecule has 0 unspecified atom stereocenters. The van der Waals surface area contributed by atoms with E-state index in [1.54, 1.807) is 49.4 Å². The lowest BCUT2D eigenvalue weighted by Gasteiger charge is -2.16. The Morgan fingerprint density at radius 1 is 0.938 bits per heavy atom. The molecule has 1 atom stereocenters. The van der Waals surface area contributed by atoms with Crippen molar-refractivity contribution in [2.45, 2.75) is 25.7 Å². The Bertz CT molecular complexity index is 1110. The molecule has 0 saturated heterocycles. The molecule has 3 aromatic carbocycles. The standard InChI is InChI=1S/C24H20F3NO4/c1-15(16-10-12-18(13-11-16)24(25,26)27)32-23(31)28-14-17-6-2-3-7-19(17)20-8-4-5-9-21(20)22(29)30/h2-13,15H,14H2,1H3,(H,28,31)(H,29,30)/t15-/m1/s1. The van der Waals surface area contributed by atoms with Crippen molar-refractivity contribution in [1.29, 1.82) is 0 Å². The predicted molar refractivity (Wildman–Crippen MR) is 112 cm³/mol. The molecule has 0 fully saturated rings. The van der Waals surface area contributed by atoms with Gasteiger partial charge in [-0.3, -0.25) is 0 Å². The van der Waals surface area contributed by atoms with Crippen LogP contribution in [0.15, 0.2) is 72.8 Å². The molecule has 0 heterocycles. The fraction of sp³-hybridized carbons (Fsp3) is 0.167. The van der Waals surface area contributed by atoms with Crippen molar-refractivity contribution < 1.29 is 32.6 Å². The molecule has 0 aliphatic rings. The van der Waals surface area contributed by atoms with Crippen LogP contribution in [0.2, 0.25) is 0 Å². The summed E-state index contributed by atoms with van der Waals surface area (Å²) in [6.07, 6.45) is -5.95. The third kappa shape index (κ3) is 5.46. The molecule has 0 saturated carbocycles. The number of alkyl halides is 3. The second-order valence-electron chi connectivity index (χ2n) is 7.03. The number of hydrogen-bond acceptors (Lipinski definition) is 3. The first-order valence-corrected chi connectivity index (χ1v) is 9.69. The molecule has 0 aliphatic heterocycles. The van der Waals surface area contributed by atoms with Crippen LogP contribution in [0.4, 0.5) is 18.0 Å². The number of nitrogens with one attached hydrogen (secondary N) is 1. The molecular weight excluding hydrogens is 423 g/mol. The van der Waals surface area contributed by atoms with Gasteiger partial charge in [-0.25, -0.2) is 9.59 Å². The van der Waals surface area contributed by atoms with E-state index in [4.69, 9.17) is 4.74 Å². The quantitative estimate of drug-likeness (QED) is 0.486. The predicted octanol–water partition coefficient (Wildman–Crippen LogP) is 6.06. The minimum absolute atomic E-state index is 0.0721. The molecule has 0 aromatic heterocycles. The van der Waals surface area contributed by atoms with Crippen molar-refractivity contribution in [1.82, 2.24) is 5.32 Å². The van der Waals surface area contributed by atoms with E-state index in [0.717, 1.165) is 12.1 Å². The lowest BCUT2D eigenvalue weighted by atomic mass is 9.95. The summed E-state index contributed by atoms with van der Waals surface area (Å²) in [4.78, 5) is 23.8. The van der Waals surface area contributed by atoms with Crippen LogP contribution in [-0.4, -0.2) is 17.2 Å². The van der Waals surface area contributed by atoms with Crippen molar-refractivity contribution >= 4 is 12.1 Å². The van der Waals surface area contributed by atoms with E-state index in [2.05, 4.69) is 5.32 Å². The zero-order chi connectivity index (χ0) is 23.3. The molecule has 5 nitrogen and oxygen atoms in total. The van der Waals surface area contributed by atoms with Gasteiger partial charge < -0.3 is 15.2 Å². The summed E-state index contributed by atoms with van der Waals surface area (Å²) in [5.74, 6) is -1.06. The largest absolute Gasteiger partial charge is 0.478 e. The molecule has 0 bridgehead atoms. The average Bonchev–Trinajstić information content (AvgIpc) is 2.77. The van der Waals surface area contributed by atoms with Gasteiger partial charge in [0.15, 0.2) is 0 Å². The normalized spacial score (nSPS) is 12.1. The SMILES string of the molecule is C[C@@H](OC(=O)NCc1ccccc1-c1ccccc1C(=O)O)c1ccc(C(F)(F)F)cc1. The molecule has 3 rings (SSSR count). The average molecular weight is 443 g/mol. The fourth-order valence-electron chi connectivity index (χ4n) is 3.22. The van der Waals surface area contributed by atoms with Crippen LogP contribution >= 0.6 is 0 Å². The maximum atomic E-state index is 12.7. The van der Waals surface area contributed by atoms with Crippen LogP contribution in [0, 0.1) is 0 Å². The number of rotatable bonds is 6. The summed E-state index contributed by atoms with van der Waals surface area (Å²) in [5, 5.41) is 12.1. The first kappa shape index (κ1) is 22.9. The molecule has 1 amide bonds. The number of alkyl carbamates (subject to hydrolysis) is 1. The van der Waals surface area contributed by atoms with Gasteiger partial charge in [-0.15, -0.1) is 0 Å². The number of aromatic carboxylic acids is 1. The number of carboxylic acids is 1. The van der Waals surface area contributed by atoms with Crippen LogP contribution in [0.3, 0.4) is 0 Å². The van der Waals surface area contributed by atoms with Gasteiger partial charge in [0.2, 0.25) is 0 Å². The summed E-state index contributed by atoms with van der Waals surface area (Å²) in [7, 11) is 0. The Kier molecular flexibility index (Phi) is 6.82. The van der Waals surface area contributed by atoms with Gasteiger partial charge in [0.25, 0.3) is 0 Å². The highest BCUT2D eigenvalue weighted by atomic mass is 19.4. The molecule has 2 N–H and O–H groups in total. The number of amides is 1. The highest BCUT2D eigenvalue weighted by molar-refractivity contribution is 5.96. The number of carboxylic acid groups (broad SMARTS) is 1. The van der Waals surface area contributed by atoms with Gasteiger partial charge in [0.1, 0.15) is 6.10 Å². The van der Waals surface area contributed by atoms with Gasteiger partial charge in [0.05, 0.1) is 11.1 Å². The van der Waals surface area contributed by atoms with Crippen molar-refractivity contribution in [3.05, 3.63) is 95.1 Å². The van der Waals surface area contributed by atoms with E-state index in [-0.39, 0.29) is 12.1 Å². The first-order chi connectivity index (χ1) is 15.2. The monoisotopic (exact) mass is 443 g/mol. The van der Waals surface area contributed by atoms with Crippen LogP contribution in [0.1, 0.15) is 40.1 Å². The van der Waals surface area contributed by atoms with Crippen LogP contribution in [0.25, 0.3) is 11.1 Å². The lowest BCUT2D eigenvalue weighted by Crippen LogP contribution is -2.25. The van der Waals surface area contributed by atoms with E-state index in [9.17, 15) is 27.9 Å². The third-order valence-electron chi connectivity index (χ3n) is 4.88. The van der Waals surface area contributed by atoms with Crippen molar-refractivity contribution in [2.75, 3.05) is 0 Å². The molecule has 0 spiro atoms. The minimum atomic E-state index is -4.44. The number of benzene rings is 3. The van der Waals surface area contributed by atoms with Gasteiger partial charge >= 0.3 is 18.2 Å². The molecule has 0 aliphatic carbocycles. The fourth-order valence-corrected chi connectivity index (χ4v) is 3.22. The third-order valence-corrected chi connectivity index (χ3v) is 4.88. The van der Waals surface area contributed by atoms with E-state index < -0.39 is 29.9 Å². The van der Waals surface area contributed by atoms with E-state index in [1.165, 1.54) is 18.2 Å². The summed E-state index contributed by atoms with van der Waals surface area (Å²) in [6.45, 7) is 1.63. The Morgan fingerprint density at radius 3 is 2.16 bits per heavy atom. The molecular formula is C24H20F3NO4. The molecule has 166 valence electrons. The van der Waals surface area contributed by atoms with E-state index >= 15 is 0 Å². The van der Waals surface area contributed by atoms with E-state index in [1.807, 2.05) is 0 Å². The molecule has 0 radical (unpaired) electrons. The second kappa shape index (κ2) is 9.55. The topological polar surface area (TPSA) is 75.6 Å². The van der Waals surface area contributed by atoms with Crippen LogP contribution < -0.4 is 5.32 Å². The van der Waals surface area contributed by atoms with Crippen molar-refractivity contribution in [3.8, 4) is 11.1 Å². The summed E-state index contributed by atoms with van der Waals surface area (Å²) in [5.41, 5.74) is 1.63. The number of hydrogen-bond donors (Lipinski definition) is 2. The molecule has 8 heteroatoms. The Labute approximate surface area is 182 Å². The lowest BCUT2D eigenvalue weighted by molar-refractivity contribution is -0.137. The van der Waals surface area contributed by atoms with Crippen molar-refractivity contribution in [3.63, 3.8) is 0 Å². The highest BCUT2D eigenvalue weighted by Crippen LogP contribution is 2.30.